The van der Waals surface area contributed by atoms with E-state index < -0.39 is 15.1 Å². The first-order valence-electron chi connectivity index (χ1n) is 14.1. The van der Waals surface area contributed by atoms with E-state index in [4.69, 9.17) is 4.74 Å². The first kappa shape index (κ1) is 32.8. The molecule has 4 atom stereocenters. The zero-order valence-electron chi connectivity index (χ0n) is 23.3. The number of benzene rings is 3. The quantitative estimate of drug-likeness (QED) is 0.199. The lowest BCUT2D eigenvalue weighted by Gasteiger charge is -2.30. The first-order valence-corrected chi connectivity index (χ1v) is 15.6. The third kappa shape index (κ3) is 7.19. The minimum absolute atomic E-state index is 0. The summed E-state index contributed by atoms with van der Waals surface area (Å²) in [5.41, 5.74) is 4.48. The van der Waals surface area contributed by atoms with E-state index >= 15 is 0 Å². The van der Waals surface area contributed by atoms with Crippen LogP contribution in [0.1, 0.15) is 56.6 Å². The molecule has 0 radical (unpaired) electrons. The Bertz CT molecular complexity index is 1330. The highest BCUT2D eigenvalue weighted by molar-refractivity contribution is 8.93. The number of nitrogens with one attached hydrogen (secondary N) is 2. The fourth-order valence-electron chi connectivity index (χ4n) is 6.22. The van der Waals surface area contributed by atoms with Crippen LogP contribution in [0.5, 0.6) is 5.75 Å². The van der Waals surface area contributed by atoms with Gasteiger partial charge in [0, 0.05) is 30.2 Å². The molecule has 40 heavy (non-hydrogen) atoms. The smallest absolute Gasteiger partial charge is 0.184 e. The van der Waals surface area contributed by atoms with Crippen LogP contribution in [0.15, 0.2) is 77.7 Å². The summed E-state index contributed by atoms with van der Waals surface area (Å²) in [5, 5.41) is 6.76. The maximum Gasteiger partial charge on any atom is 0.184 e. The molecule has 2 saturated heterocycles. The van der Waals surface area contributed by atoms with E-state index in [2.05, 4.69) is 47.9 Å². The SMILES string of the molecule is Br.Br.CCCCCCc1ccc(S(=O)(=O)[C@H]2[C@H](NCc3cccc(-c4ccccc4OC)c3)[C@H]3CC[C@@H]2N3)cc1. The van der Waals surface area contributed by atoms with Gasteiger partial charge in [0.25, 0.3) is 0 Å². The topological polar surface area (TPSA) is 67.4 Å². The summed E-state index contributed by atoms with van der Waals surface area (Å²) >= 11 is 0. The summed E-state index contributed by atoms with van der Waals surface area (Å²) in [6.07, 6.45) is 7.77. The maximum atomic E-state index is 13.9. The van der Waals surface area contributed by atoms with E-state index in [1.54, 1.807) is 7.11 Å². The van der Waals surface area contributed by atoms with Gasteiger partial charge in [-0.1, -0.05) is 74.7 Å². The van der Waals surface area contributed by atoms with Crippen molar-refractivity contribution in [1.29, 1.82) is 0 Å². The fraction of sp³-hybridized carbons (Fsp3) is 0.438. The Morgan fingerprint density at radius 3 is 2.38 bits per heavy atom. The van der Waals surface area contributed by atoms with Crippen molar-refractivity contribution in [2.24, 2.45) is 0 Å². The molecule has 2 aliphatic rings. The third-order valence-corrected chi connectivity index (χ3v) is 10.5. The summed E-state index contributed by atoms with van der Waals surface area (Å²) in [4.78, 5) is 0.444. The van der Waals surface area contributed by atoms with E-state index in [1.807, 2.05) is 42.5 Å². The van der Waals surface area contributed by atoms with Gasteiger partial charge in [-0.15, -0.1) is 34.0 Å². The van der Waals surface area contributed by atoms with Gasteiger partial charge in [-0.3, -0.25) is 0 Å². The Kier molecular flexibility index (Phi) is 12.3. The molecule has 0 aliphatic carbocycles. The normalized spacial score (nSPS) is 21.4. The lowest BCUT2D eigenvalue weighted by molar-refractivity contribution is 0.409. The van der Waals surface area contributed by atoms with Crippen molar-refractivity contribution in [3.8, 4) is 16.9 Å². The summed E-state index contributed by atoms with van der Waals surface area (Å²) < 4.78 is 33.3. The number of hydrogen-bond acceptors (Lipinski definition) is 5. The van der Waals surface area contributed by atoms with Gasteiger partial charge in [0.05, 0.1) is 17.3 Å². The number of halogens is 2. The fourth-order valence-corrected chi connectivity index (χ4v) is 8.37. The van der Waals surface area contributed by atoms with Gasteiger partial charge >= 0.3 is 0 Å². The predicted octanol–water partition coefficient (Wildman–Crippen LogP) is 7.08. The average molecular weight is 695 g/mol. The van der Waals surface area contributed by atoms with Gasteiger partial charge in [0.2, 0.25) is 0 Å². The van der Waals surface area contributed by atoms with Crippen LogP contribution in [0.4, 0.5) is 0 Å². The van der Waals surface area contributed by atoms with Gasteiger partial charge in [-0.25, -0.2) is 8.42 Å². The molecule has 8 heteroatoms. The number of sulfone groups is 1. The zero-order chi connectivity index (χ0) is 26.5. The van der Waals surface area contributed by atoms with Gasteiger partial charge in [-0.05, 0) is 66.6 Å². The van der Waals surface area contributed by atoms with Crippen LogP contribution in [0.3, 0.4) is 0 Å². The van der Waals surface area contributed by atoms with E-state index in [1.165, 1.54) is 24.8 Å². The zero-order valence-corrected chi connectivity index (χ0v) is 27.6. The minimum Gasteiger partial charge on any atom is -0.496 e. The van der Waals surface area contributed by atoms with Gasteiger partial charge < -0.3 is 15.4 Å². The molecule has 0 aromatic heterocycles. The molecular weight excluding hydrogens is 652 g/mol. The van der Waals surface area contributed by atoms with Crippen LogP contribution in [-0.2, 0) is 22.8 Å². The predicted molar refractivity (Wildman–Crippen MR) is 175 cm³/mol. The summed E-state index contributed by atoms with van der Waals surface area (Å²) in [5.74, 6) is 0.841. The van der Waals surface area contributed by atoms with Crippen LogP contribution in [-0.4, -0.2) is 38.9 Å². The molecule has 2 N–H and O–H groups in total. The molecule has 0 unspecified atom stereocenters. The van der Waals surface area contributed by atoms with Crippen molar-refractivity contribution in [2.45, 2.75) is 86.7 Å². The second-order valence-corrected chi connectivity index (χ2v) is 12.8. The molecule has 2 aliphatic heterocycles. The molecule has 0 spiro atoms. The highest BCUT2D eigenvalue weighted by Crippen LogP contribution is 2.37. The summed E-state index contributed by atoms with van der Waals surface area (Å²) in [6.45, 7) is 2.83. The summed E-state index contributed by atoms with van der Waals surface area (Å²) in [6, 6.07) is 24.1. The van der Waals surface area contributed by atoms with Crippen molar-refractivity contribution < 1.29 is 13.2 Å². The monoisotopic (exact) mass is 692 g/mol. The van der Waals surface area contributed by atoms with E-state index in [-0.39, 0.29) is 52.1 Å². The van der Waals surface area contributed by atoms with Crippen molar-refractivity contribution in [1.82, 2.24) is 10.6 Å². The van der Waals surface area contributed by atoms with Crippen molar-refractivity contribution in [3.05, 3.63) is 83.9 Å². The molecule has 5 rings (SSSR count). The average Bonchev–Trinajstić information content (AvgIpc) is 3.57. The van der Waals surface area contributed by atoms with Crippen LogP contribution >= 0.6 is 34.0 Å². The van der Waals surface area contributed by atoms with E-state index in [9.17, 15) is 8.42 Å². The van der Waals surface area contributed by atoms with Crippen LogP contribution < -0.4 is 15.4 Å². The van der Waals surface area contributed by atoms with E-state index in [0.717, 1.165) is 48.1 Å². The molecular formula is C32H42Br2N2O3S. The number of para-hydroxylation sites is 1. The van der Waals surface area contributed by atoms with Crippen molar-refractivity contribution in [3.63, 3.8) is 0 Å². The minimum atomic E-state index is -3.47. The molecule has 5 nitrogen and oxygen atoms in total. The maximum absolute atomic E-state index is 13.9. The largest absolute Gasteiger partial charge is 0.496 e. The Labute approximate surface area is 261 Å². The van der Waals surface area contributed by atoms with Gasteiger partial charge in [0.15, 0.2) is 9.84 Å². The number of aryl methyl sites for hydroxylation is 1. The third-order valence-electron chi connectivity index (χ3n) is 8.22. The first-order chi connectivity index (χ1) is 18.5. The number of rotatable bonds is 12. The molecule has 2 fully saturated rings. The Balaban J connectivity index is 0.00000220. The Morgan fingerprint density at radius 1 is 0.875 bits per heavy atom. The Morgan fingerprint density at radius 2 is 1.62 bits per heavy atom. The van der Waals surface area contributed by atoms with Crippen LogP contribution in [0.2, 0.25) is 0 Å². The summed E-state index contributed by atoms with van der Waals surface area (Å²) in [7, 11) is -1.78. The highest BCUT2D eigenvalue weighted by Gasteiger charge is 2.53. The molecule has 0 amide bonds. The van der Waals surface area contributed by atoms with Crippen molar-refractivity contribution in [2.75, 3.05) is 7.11 Å². The van der Waals surface area contributed by atoms with E-state index in [0.29, 0.717) is 11.4 Å². The molecule has 218 valence electrons. The van der Waals surface area contributed by atoms with Crippen molar-refractivity contribution >= 4 is 43.8 Å². The molecule has 2 bridgehead atoms. The molecule has 3 aromatic carbocycles. The van der Waals surface area contributed by atoms with Gasteiger partial charge in [-0.2, -0.15) is 0 Å². The number of fused-ring (bicyclic) bond motifs is 2. The number of ether oxygens (including phenoxy) is 1. The number of hydrogen-bond donors (Lipinski definition) is 2. The van der Waals surface area contributed by atoms with Crippen LogP contribution in [0.25, 0.3) is 11.1 Å². The second kappa shape index (κ2) is 15.0. The number of unbranched alkanes of at least 4 members (excludes halogenated alkanes) is 3. The molecule has 0 saturated carbocycles. The molecule has 3 aromatic rings. The number of methoxy groups -OCH3 is 1. The Hall–Kier alpha value is -1.71. The van der Waals surface area contributed by atoms with Gasteiger partial charge in [0.1, 0.15) is 5.75 Å². The van der Waals surface area contributed by atoms with Crippen LogP contribution in [0, 0.1) is 0 Å². The standard InChI is InChI=1S/C32H40N2O3S.2BrH/c1-3-4-5-6-10-23-15-17-26(18-16-23)38(35,36)32-29-20-19-28(34-29)31(32)33-22-24-11-9-12-25(21-24)27-13-7-8-14-30(27)37-2;;/h7-9,11-18,21,28-29,31-34H,3-6,10,19-20,22H2,1-2H3;2*1H/t28-,29+,31-,32-;;/m1../s1. The molecule has 2 heterocycles. The lowest BCUT2D eigenvalue weighted by atomic mass is 9.94. The highest BCUT2D eigenvalue weighted by atomic mass is 79.9. The second-order valence-electron chi connectivity index (χ2n) is 10.7. The lowest BCUT2D eigenvalue weighted by Crippen LogP contribution is -2.50.